The fourth-order valence-corrected chi connectivity index (χ4v) is 4.73. The van der Waals surface area contributed by atoms with Crippen molar-refractivity contribution in [1.82, 2.24) is 9.80 Å². The Labute approximate surface area is 143 Å². The summed E-state index contributed by atoms with van der Waals surface area (Å²) in [6.07, 6.45) is 0. The van der Waals surface area contributed by atoms with E-state index in [1.54, 1.807) is 22.7 Å². The van der Waals surface area contributed by atoms with Gasteiger partial charge in [-0.2, -0.15) is 0 Å². The molecule has 1 aliphatic heterocycles. The van der Waals surface area contributed by atoms with Gasteiger partial charge in [0.25, 0.3) is 5.91 Å². The minimum atomic E-state index is 0.179. The molecule has 5 heteroatoms. The van der Waals surface area contributed by atoms with E-state index in [1.165, 1.54) is 9.58 Å². The van der Waals surface area contributed by atoms with Gasteiger partial charge in [-0.25, -0.2) is 0 Å². The van der Waals surface area contributed by atoms with E-state index in [0.29, 0.717) is 0 Å². The zero-order valence-corrected chi connectivity index (χ0v) is 14.4. The topological polar surface area (TPSA) is 23.6 Å². The molecule has 0 unspecified atom stereocenters. The molecule has 1 saturated heterocycles. The maximum absolute atomic E-state index is 12.8. The average molecular weight is 342 g/mol. The van der Waals surface area contributed by atoms with Crippen LogP contribution in [0.25, 0.3) is 10.1 Å². The molecular formula is C18H18N2OS2. The molecular weight excluding hydrogens is 324 g/mol. The summed E-state index contributed by atoms with van der Waals surface area (Å²) in [6, 6.07) is 12.4. The number of piperazine rings is 1. The van der Waals surface area contributed by atoms with Crippen LogP contribution in [0.3, 0.4) is 0 Å². The minimum Gasteiger partial charge on any atom is -0.336 e. The SMILES string of the molecule is O=C(c1csc2ccccc12)N1CCN(Cc2cccs2)CC1. The zero-order valence-electron chi connectivity index (χ0n) is 12.8. The second kappa shape index (κ2) is 6.43. The molecule has 0 N–H and O–H groups in total. The van der Waals surface area contributed by atoms with Crippen molar-refractivity contribution in [1.29, 1.82) is 0 Å². The molecule has 1 aliphatic rings. The lowest BCUT2D eigenvalue weighted by atomic mass is 10.1. The number of hydrogen-bond acceptors (Lipinski definition) is 4. The molecule has 0 bridgehead atoms. The average Bonchev–Trinajstić information content (AvgIpc) is 3.24. The van der Waals surface area contributed by atoms with Crippen LogP contribution in [-0.4, -0.2) is 41.9 Å². The van der Waals surface area contributed by atoms with Gasteiger partial charge in [0.15, 0.2) is 0 Å². The summed E-state index contributed by atoms with van der Waals surface area (Å²) in [4.78, 5) is 18.6. The van der Waals surface area contributed by atoms with Gasteiger partial charge in [-0.3, -0.25) is 9.69 Å². The first kappa shape index (κ1) is 14.9. The van der Waals surface area contributed by atoms with Crippen molar-refractivity contribution in [2.45, 2.75) is 6.54 Å². The van der Waals surface area contributed by atoms with Gasteiger partial charge in [0.1, 0.15) is 0 Å². The van der Waals surface area contributed by atoms with Crippen LogP contribution in [-0.2, 0) is 6.54 Å². The van der Waals surface area contributed by atoms with E-state index in [9.17, 15) is 4.79 Å². The number of carbonyl (C=O) groups excluding carboxylic acids is 1. The summed E-state index contributed by atoms with van der Waals surface area (Å²) in [5.41, 5.74) is 0.859. The van der Waals surface area contributed by atoms with Crippen molar-refractivity contribution in [2.75, 3.05) is 26.2 Å². The molecule has 1 amide bonds. The van der Waals surface area contributed by atoms with E-state index in [0.717, 1.165) is 43.7 Å². The Morgan fingerprint density at radius 2 is 1.83 bits per heavy atom. The molecule has 4 rings (SSSR count). The van der Waals surface area contributed by atoms with E-state index in [1.807, 2.05) is 28.5 Å². The van der Waals surface area contributed by atoms with Gasteiger partial charge in [-0.05, 0) is 17.5 Å². The van der Waals surface area contributed by atoms with Crippen LogP contribution in [0.15, 0.2) is 47.2 Å². The van der Waals surface area contributed by atoms with Gasteiger partial charge in [-0.15, -0.1) is 22.7 Å². The molecule has 118 valence electrons. The van der Waals surface area contributed by atoms with E-state index >= 15 is 0 Å². The Bertz CT molecular complexity index is 801. The predicted molar refractivity (Wildman–Crippen MR) is 97.3 cm³/mol. The van der Waals surface area contributed by atoms with Gasteiger partial charge in [-0.1, -0.05) is 24.3 Å². The largest absolute Gasteiger partial charge is 0.336 e. The first-order valence-corrected chi connectivity index (χ1v) is 9.57. The quantitative estimate of drug-likeness (QED) is 0.720. The fourth-order valence-electron chi connectivity index (χ4n) is 3.05. The molecule has 2 aromatic heterocycles. The smallest absolute Gasteiger partial charge is 0.255 e. The van der Waals surface area contributed by atoms with Crippen LogP contribution in [0.1, 0.15) is 15.2 Å². The lowest BCUT2D eigenvalue weighted by Crippen LogP contribution is -2.48. The number of fused-ring (bicyclic) bond motifs is 1. The first-order chi connectivity index (χ1) is 11.3. The van der Waals surface area contributed by atoms with E-state index < -0.39 is 0 Å². The van der Waals surface area contributed by atoms with Crippen LogP contribution < -0.4 is 0 Å². The van der Waals surface area contributed by atoms with Crippen LogP contribution in [0, 0.1) is 0 Å². The molecule has 0 atom stereocenters. The van der Waals surface area contributed by atoms with E-state index in [-0.39, 0.29) is 5.91 Å². The second-order valence-corrected chi connectivity index (χ2v) is 7.74. The molecule has 3 aromatic rings. The summed E-state index contributed by atoms with van der Waals surface area (Å²) in [7, 11) is 0. The summed E-state index contributed by atoms with van der Waals surface area (Å²) in [5.74, 6) is 0.179. The molecule has 0 spiro atoms. The third kappa shape index (κ3) is 3.04. The highest BCUT2D eigenvalue weighted by Gasteiger charge is 2.24. The summed E-state index contributed by atoms with van der Waals surface area (Å²) >= 11 is 3.46. The molecule has 0 saturated carbocycles. The highest BCUT2D eigenvalue weighted by molar-refractivity contribution is 7.17. The standard InChI is InChI=1S/C18H18N2OS2/c21-18(16-13-23-17-6-2-1-5-15(16)17)20-9-7-19(8-10-20)12-14-4-3-11-22-14/h1-6,11,13H,7-10,12H2. The third-order valence-electron chi connectivity index (χ3n) is 4.33. The van der Waals surface area contributed by atoms with Crippen molar-refractivity contribution < 1.29 is 4.79 Å². The van der Waals surface area contributed by atoms with Crippen LogP contribution >= 0.6 is 22.7 Å². The summed E-state index contributed by atoms with van der Waals surface area (Å²) in [5, 5.41) is 5.21. The minimum absolute atomic E-state index is 0.179. The molecule has 0 aliphatic carbocycles. The number of benzene rings is 1. The third-order valence-corrected chi connectivity index (χ3v) is 6.16. The molecule has 1 aromatic carbocycles. The van der Waals surface area contributed by atoms with Crippen molar-refractivity contribution in [2.24, 2.45) is 0 Å². The van der Waals surface area contributed by atoms with Crippen LogP contribution in [0.5, 0.6) is 0 Å². The molecule has 0 radical (unpaired) electrons. The highest BCUT2D eigenvalue weighted by Crippen LogP contribution is 2.27. The Hall–Kier alpha value is -1.69. The number of carbonyl (C=O) groups is 1. The summed E-state index contributed by atoms with van der Waals surface area (Å²) < 4.78 is 1.19. The number of thiophene rings is 2. The number of amides is 1. The number of nitrogens with zero attached hydrogens (tertiary/aromatic N) is 2. The van der Waals surface area contributed by atoms with Crippen molar-refractivity contribution in [3.8, 4) is 0 Å². The first-order valence-electron chi connectivity index (χ1n) is 7.81. The zero-order chi connectivity index (χ0) is 15.6. The van der Waals surface area contributed by atoms with Gasteiger partial charge in [0, 0.05) is 53.1 Å². The molecule has 23 heavy (non-hydrogen) atoms. The van der Waals surface area contributed by atoms with Crippen LogP contribution in [0.2, 0.25) is 0 Å². The van der Waals surface area contributed by atoms with Crippen molar-refractivity contribution in [3.63, 3.8) is 0 Å². The summed E-state index contributed by atoms with van der Waals surface area (Å²) in [6.45, 7) is 4.53. The lowest BCUT2D eigenvalue weighted by molar-refractivity contribution is 0.0632. The Morgan fingerprint density at radius 3 is 2.61 bits per heavy atom. The van der Waals surface area contributed by atoms with Crippen molar-refractivity contribution in [3.05, 3.63) is 57.6 Å². The van der Waals surface area contributed by atoms with E-state index in [4.69, 9.17) is 0 Å². The Balaban J connectivity index is 1.43. The lowest BCUT2D eigenvalue weighted by Gasteiger charge is -2.34. The Kier molecular flexibility index (Phi) is 4.16. The van der Waals surface area contributed by atoms with Gasteiger partial charge in [0.2, 0.25) is 0 Å². The Morgan fingerprint density at radius 1 is 1.00 bits per heavy atom. The monoisotopic (exact) mass is 342 g/mol. The molecule has 3 nitrogen and oxygen atoms in total. The number of rotatable bonds is 3. The van der Waals surface area contributed by atoms with Crippen LogP contribution in [0.4, 0.5) is 0 Å². The maximum atomic E-state index is 12.8. The predicted octanol–water partition coefficient (Wildman–Crippen LogP) is 3.92. The van der Waals surface area contributed by atoms with E-state index in [2.05, 4.69) is 28.5 Å². The molecule has 3 heterocycles. The van der Waals surface area contributed by atoms with Gasteiger partial charge < -0.3 is 4.90 Å². The van der Waals surface area contributed by atoms with Gasteiger partial charge in [0.05, 0.1) is 5.56 Å². The number of hydrogen-bond donors (Lipinski definition) is 0. The molecule has 1 fully saturated rings. The van der Waals surface area contributed by atoms with Gasteiger partial charge >= 0.3 is 0 Å². The fraction of sp³-hybridized carbons (Fsp3) is 0.278. The second-order valence-electron chi connectivity index (χ2n) is 5.79. The highest BCUT2D eigenvalue weighted by atomic mass is 32.1. The maximum Gasteiger partial charge on any atom is 0.255 e. The van der Waals surface area contributed by atoms with Crippen molar-refractivity contribution >= 4 is 38.7 Å². The normalized spacial score (nSPS) is 16.1.